The van der Waals surface area contributed by atoms with E-state index in [1.54, 1.807) is 0 Å². The van der Waals surface area contributed by atoms with Crippen LogP contribution in [-0.2, 0) is 0 Å². The molecule has 1 atom stereocenters. The summed E-state index contributed by atoms with van der Waals surface area (Å²) in [5.74, 6) is 0.227. The Morgan fingerprint density at radius 2 is 1.95 bits per heavy atom. The first-order valence-electron chi connectivity index (χ1n) is 5.78. The quantitative estimate of drug-likeness (QED) is 0.446. The van der Waals surface area contributed by atoms with E-state index < -0.39 is 12.8 Å². The van der Waals surface area contributed by atoms with Crippen molar-refractivity contribution in [1.29, 1.82) is 0 Å². The Hall–Kier alpha value is -2.09. The fraction of sp³-hybridized carbons (Fsp3) is 0.250. The third-order valence-corrected chi connectivity index (χ3v) is 2.43. The minimum atomic E-state index is -1.09. The molecular weight excluding hydrogens is 246 g/mol. The number of aromatic nitrogens is 3. The summed E-state index contributed by atoms with van der Waals surface area (Å²) < 4.78 is 0. The molecule has 2 aromatic rings. The van der Waals surface area contributed by atoms with Gasteiger partial charge in [-0.1, -0.05) is 30.3 Å². The van der Waals surface area contributed by atoms with E-state index in [2.05, 4.69) is 26.0 Å². The van der Waals surface area contributed by atoms with Crippen molar-refractivity contribution in [2.45, 2.75) is 13.2 Å². The van der Waals surface area contributed by atoms with Crippen LogP contribution in [0.15, 0.2) is 30.3 Å². The zero-order chi connectivity index (χ0) is 13.7. The molecule has 0 fully saturated rings. The molecule has 7 heteroatoms. The first kappa shape index (κ1) is 13.3. The summed E-state index contributed by atoms with van der Waals surface area (Å²) in [6.45, 7) is 1.41. The lowest BCUT2D eigenvalue weighted by atomic mass is 10.1. The number of benzene rings is 1. The second kappa shape index (κ2) is 6.19. The van der Waals surface area contributed by atoms with Crippen LogP contribution in [0.25, 0.3) is 11.3 Å². The summed E-state index contributed by atoms with van der Waals surface area (Å²) in [5, 5.41) is 25.8. The summed E-state index contributed by atoms with van der Waals surface area (Å²) in [6, 6.07) is 9.62. The zero-order valence-electron chi connectivity index (χ0n) is 10.4. The molecule has 2 rings (SSSR count). The molecule has 0 bridgehead atoms. The number of aliphatic hydroxyl groups excluding tert-OH is 2. The number of anilines is 1. The molecule has 100 valence electrons. The fourth-order valence-corrected chi connectivity index (χ4v) is 1.51. The number of hydrogen-bond acceptors (Lipinski definition) is 7. The maximum atomic E-state index is 9.12. The van der Waals surface area contributed by atoms with Crippen molar-refractivity contribution in [3.63, 3.8) is 0 Å². The SMILES string of the molecule is Cc1nc(NNC(O)CO)nnc1-c1ccccc1. The smallest absolute Gasteiger partial charge is 0.257 e. The number of rotatable bonds is 5. The monoisotopic (exact) mass is 261 g/mol. The van der Waals surface area contributed by atoms with Crippen LogP contribution in [0.3, 0.4) is 0 Å². The third kappa shape index (κ3) is 3.44. The van der Waals surface area contributed by atoms with E-state index in [-0.39, 0.29) is 5.95 Å². The molecule has 0 aliphatic carbocycles. The Bertz CT molecular complexity index is 535. The topological polar surface area (TPSA) is 103 Å². The van der Waals surface area contributed by atoms with E-state index >= 15 is 0 Å². The molecule has 19 heavy (non-hydrogen) atoms. The van der Waals surface area contributed by atoms with E-state index in [4.69, 9.17) is 10.2 Å². The normalized spacial score (nSPS) is 12.2. The van der Waals surface area contributed by atoms with Gasteiger partial charge in [0.2, 0.25) is 0 Å². The molecule has 1 aromatic carbocycles. The van der Waals surface area contributed by atoms with Crippen LogP contribution in [0.1, 0.15) is 5.69 Å². The largest absolute Gasteiger partial charge is 0.392 e. The maximum Gasteiger partial charge on any atom is 0.257 e. The van der Waals surface area contributed by atoms with E-state index in [9.17, 15) is 0 Å². The van der Waals surface area contributed by atoms with Crippen LogP contribution in [0.4, 0.5) is 5.95 Å². The Morgan fingerprint density at radius 1 is 1.21 bits per heavy atom. The summed E-state index contributed by atoms with van der Waals surface area (Å²) in [7, 11) is 0. The van der Waals surface area contributed by atoms with Crippen molar-refractivity contribution in [3.05, 3.63) is 36.0 Å². The Morgan fingerprint density at radius 3 is 2.58 bits per heavy atom. The molecule has 1 unspecified atom stereocenters. The Balaban J connectivity index is 2.14. The van der Waals surface area contributed by atoms with Crippen molar-refractivity contribution in [3.8, 4) is 11.3 Å². The van der Waals surface area contributed by atoms with Gasteiger partial charge in [-0.3, -0.25) is 5.43 Å². The van der Waals surface area contributed by atoms with Crippen molar-refractivity contribution < 1.29 is 10.2 Å². The highest BCUT2D eigenvalue weighted by Crippen LogP contribution is 2.18. The number of hydrazine groups is 1. The van der Waals surface area contributed by atoms with Gasteiger partial charge in [0.05, 0.1) is 12.3 Å². The third-order valence-electron chi connectivity index (χ3n) is 2.43. The van der Waals surface area contributed by atoms with E-state index in [1.807, 2.05) is 37.3 Å². The van der Waals surface area contributed by atoms with Crippen molar-refractivity contribution >= 4 is 5.95 Å². The molecule has 0 radical (unpaired) electrons. The minimum Gasteiger partial charge on any atom is -0.392 e. The number of aliphatic hydroxyl groups is 2. The lowest BCUT2D eigenvalue weighted by molar-refractivity contribution is 0.0740. The van der Waals surface area contributed by atoms with E-state index in [0.29, 0.717) is 11.4 Å². The molecule has 7 nitrogen and oxygen atoms in total. The predicted molar refractivity (Wildman–Crippen MR) is 69.9 cm³/mol. The molecule has 0 aliphatic heterocycles. The second-order valence-electron chi connectivity index (χ2n) is 3.90. The van der Waals surface area contributed by atoms with Crippen LogP contribution in [0, 0.1) is 6.92 Å². The van der Waals surface area contributed by atoms with Gasteiger partial charge < -0.3 is 10.2 Å². The highest BCUT2D eigenvalue weighted by atomic mass is 16.3. The van der Waals surface area contributed by atoms with Crippen molar-refractivity contribution in [2.24, 2.45) is 0 Å². The average molecular weight is 261 g/mol. The van der Waals surface area contributed by atoms with Crippen LogP contribution in [0.5, 0.6) is 0 Å². The highest BCUT2D eigenvalue weighted by molar-refractivity contribution is 5.60. The molecule has 1 aromatic heterocycles. The fourth-order valence-electron chi connectivity index (χ4n) is 1.51. The van der Waals surface area contributed by atoms with Gasteiger partial charge in [0.15, 0.2) is 0 Å². The van der Waals surface area contributed by atoms with Gasteiger partial charge in [-0.05, 0) is 6.92 Å². The Kier molecular flexibility index (Phi) is 4.35. The molecular formula is C12H15N5O2. The maximum absolute atomic E-state index is 9.12. The van der Waals surface area contributed by atoms with Crippen LogP contribution >= 0.6 is 0 Å². The lowest BCUT2D eigenvalue weighted by Gasteiger charge is -2.11. The van der Waals surface area contributed by atoms with Gasteiger partial charge in [-0.2, -0.15) is 0 Å². The summed E-state index contributed by atoms with van der Waals surface area (Å²) >= 11 is 0. The van der Waals surface area contributed by atoms with Crippen molar-refractivity contribution in [2.75, 3.05) is 12.0 Å². The van der Waals surface area contributed by atoms with E-state index in [1.165, 1.54) is 0 Å². The summed E-state index contributed by atoms with van der Waals surface area (Å²) in [6.07, 6.45) is -1.09. The van der Waals surface area contributed by atoms with E-state index in [0.717, 1.165) is 5.56 Å². The van der Waals surface area contributed by atoms with Crippen molar-refractivity contribution in [1.82, 2.24) is 20.6 Å². The van der Waals surface area contributed by atoms with Gasteiger partial charge in [0.25, 0.3) is 5.95 Å². The summed E-state index contributed by atoms with van der Waals surface area (Å²) in [5.41, 5.74) is 7.35. The van der Waals surface area contributed by atoms with Crippen LogP contribution in [0.2, 0.25) is 0 Å². The molecule has 0 spiro atoms. The molecule has 0 saturated carbocycles. The first-order chi connectivity index (χ1) is 9.20. The molecule has 4 N–H and O–H groups in total. The highest BCUT2D eigenvalue weighted by Gasteiger charge is 2.08. The molecule has 0 saturated heterocycles. The molecule has 1 heterocycles. The second-order valence-corrected chi connectivity index (χ2v) is 3.90. The van der Waals surface area contributed by atoms with Gasteiger partial charge in [-0.25, -0.2) is 10.4 Å². The predicted octanol–water partition coefficient (Wildman–Crippen LogP) is 0.0742. The number of aryl methyl sites for hydroxylation is 1. The number of nitrogens with zero attached hydrogens (tertiary/aromatic N) is 3. The standard InChI is InChI=1S/C12H15N5O2/c1-8-11(9-5-3-2-4-6-9)15-17-12(13-8)16-14-10(19)7-18/h2-6,10,14,18-19H,7H2,1H3,(H,13,16,17). The minimum absolute atomic E-state index is 0.227. The lowest BCUT2D eigenvalue weighted by Crippen LogP contribution is -2.37. The molecule has 0 amide bonds. The number of nitrogens with one attached hydrogen (secondary N) is 2. The number of hydrogen-bond donors (Lipinski definition) is 4. The molecule has 0 aliphatic rings. The van der Waals surface area contributed by atoms with Gasteiger partial charge >= 0.3 is 0 Å². The average Bonchev–Trinajstić information content (AvgIpc) is 2.45. The summed E-state index contributed by atoms with van der Waals surface area (Å²) in [4.78, 5) is 4.22. The Labute approximate surface area is 110 Å². The van der Waals surface area contributed by atoms with Gasteiger partial charge in [0.1, 0.15) is 11.9 Å². The van der Waals surface area contributed by atoms with Crippen LogP contribution < -0.4 is 10.9 Å². The first-order valence-corrected chi connectivity index (χ1v) is 5.78. The van der Waals surface area contributed by atoms with Crippen LogP contribution in [-0.4, -0.2) is 38.2 Å². The van der Waals surface area contributed by atoms with Gasteiger partial charge in [-0.15, -0.1) is 10.2 Å². The zero-order valence-corrected chi connectivity index (χ0v) is 10.4. The van der Waals surface area contributed by atoms with Gasteiger partial charge in [0, 0.05) is 5.56 Å².